The van der Waals surface area contributed by atoms with Crippen molar-refractivity contribution in [3.8, 4) is 0 Å². The van der Waals surface area contributed by atoms with Gasteiger partial charge in [0.1, 0.15) is 5.82 Å². The van der Waals surface area contributed by atoms with Crippen LogP contribution in [0.2, 0.25) is 0 Å². The Kier molecular flexibility index (Phi) is 4.04. The average Bonchev–Trinajstić information content (AvgIpc) is 2.79. The van der Waals surface area contributed by atoms with E-state index in [-0.39, 0.29) is 6.04 Å². The van der Waals surface area contributed by atoms with E-state index in [1.165, 1.54) is 0 Å². The van der Waals surface area contributed by atoms with Crippen molar-refractivity contribution in [3.63, 3.8) is 0 Å². The van der Waals surface area contributed by atoms with Gasteiger partial charge in [-0.25, -0.2) is 9.97 Å². The zero-order valence-electron chi connectivity index (χ0n) is 11.1. The van der Waals surface area contributed by atoms with Crippen molar-refractivity contribution in [1.82, 2.24) is 25.1 Å². The Morgan fingerprint density at radius 3 is 2.94 bits per heavy atom. The van der Waals surface area contributed by atoms with Crippen LogP contribution in [0.25, 0.3) is 0 Å². The molecular weight excluding hydrogens is 226 g/mol. The van der Waals surface area contributed by atoms with E-state index in [1.54, 1.807) is 6.20 Å². The van der Waals surface area contributed by atoms with E-state index in [2.05, 4.69) is 33.5 Å². The third-order valence-electron chi connectivity index (χ3n) is 2.82. The van der Waals surface area contributed by atoms with Crippen molar-refractivity contribution in [2.75, 3.05) is 7.05 Å². The van der Waals surface area contributed by atoms with Gasteiger partial charge in [-0.15, -0.1) is 0 Å². The summed E-state index contributed by atoms with van der Waals surface area (Å²) in [6.07, 6.45) is 6.84. The first-order valence-electron chi connectivity index (χ1n) is 6.23. The Labute approximate surface area is 107 Å². The molecule has 0 fully saturated rings. The molecule has 0 saturated carbocycles. The summed E-state index contributed by atoms with van der Waals surface area (Å²) in [5.74, 6) is 0.786. The predicted molar refractivity (Wildman–Crippen MR) is 70.2 cm³/mol. The van der Waals surface area contributed by atoms with Crippen LogP contribution in [0.1, 0.15) is 36.5 Å². The lowest BCUT2D eigenvalue weighted by Crippen LogP contribution is -2.19. The molecule has 96 valence electrons. The summed E-state index contributed by atoms with van der Waals surface area (Å²) in [7, 11) is 1.93. The Balaban J connectivity index is 2.27. The van der Waals surface area contributed by atoms with Crippen molar-refractivity contribution in [2.45, 2.75) is 32.9 Å². The molecule has 5 heteroatoms. The molecule has 0 bridgehead atoms. The molecule has 5 nitrogen and oxygen atoms in total. The Morgan fingerprint density at radius 2 is 2.28 bits per heavy atom. The van der Waals surface area contributed by atoms with Gasteiger partial charge in [0.05, 0.1) is 17.9 Å². The van der Waals surface area contributed by atoms with Gasteiger partial charge in [-0.05, 0) is 26.5 Å². The van der Waals surface area contributed by atoms with E-state index in [0.29, 0.717) is 0 Å². The van der Waals surface area contributed by atoms with E-state index < -0.39 is 0 Å². The largest absolute Gasteiger partial charge is 0.308 e. The van der Waals surface area contributed by atoms with Gasteiger partial charge in [-0.1, -0.05) is 6.92 Å². The molecule has 0 aliphatic rings. The fourth-order valence-electron chi connectivity index (χ4n) is 2.00. The van der Waals surface area contributed by atoms with Crippen molar-refractivity contribution in [3.05, 3.63) is 41.7 Å². The molecule has 2 heterocycles. The maximum Gasteiger partial charge on any atom is 0.125 e. The van der Waals surface area contributed by atoms with Gasteiger partial charge < -0.3 is 5.32 Å². The van der Waals surface area contributed by atoms with E-state index >= 15 is 0 Å². The molecule has 2 rings (SSSR count). The molecule has 0 amide bonds. The normalized spacial score (nSPS) is 12.6. The van der Waals surface area contributed by atoms with E-state index in [9.17, 15) is 0 Å². The highest BCUT2D eigenvalue weighted by Crippen LogP contribution is 2.19. The van der Waals surface area contributed by atoms with Gasteiger partial charge in [0.25, 0.3) is 0 Å². The van der Waals surface area contributed by atoms with Crippen molar-refractivity contribution in [2.24, 2.45) is 0 Å². The van der Waals surface area contributed by atoms with Gasteiger partial charge in [0, 0.05) is 24.5 Å². The number of hydrogen-bond donors (Lipinski definition) is 1. The van der Waals surface area contributed by atoms with Gasteiger partial charge >= 0.3 is 0 Å². The van der Waals surface area contributed by atoms with E-state index in [1.807, 2.05) is 30.9 Å². The summed E-state index contributed by atoms with van der Waals surface area (Å²) < 4.78 is 1.97. The fourth-order valence-corrected chi connectivity index (χ4v) is 2.00. The number of nitrogens with zero attached hydrogens (tertiary/aromatic N) is 4. The average molecular weight is 245 g/mol. The quantitative estimate of drug-likeness (QED) is 0.871. The monoisotopic (exact) mass is 245 g/mol. The third kappa shape index (κ3) is 2.73. The minimum Gasteiger partial charge on any atom is -0.308 e. The lowest BCUT2D eigenvalue weighted by atomic mass is 10.1. The van der Waals surface area contributed by atoms with Gasteiger partial charge in [-0.3, -0.25) is 4.68 Å². The second-order valence-electron chi connectivity index (χ2n) is 4.29. The first-order valence-corrected chi connectivity index (χ1v) is 6.23. The van der Waals surface area contributed by atoms with Crippen LogP contribution in [0.3, 0.4) is 0 Å². The Bertz CT molecular complexity index is 506. The van der Waals surface area contributed by atoms with Crippen LogP contribution in [-0.4, -0.2) is 26.8 Å². The topological polar surface area (TPSA) is 55.6 Å². The van der Waals surface area contributed by atoms with Gasteiger partial charge in [-0.2, -0.15) is 5.10 Å². The molecule has 0 radical (unpaired) electrons. The predicted octanol–water partition coefficient (Wildman–Crippen LogP) is 1.70. The van der Waals surface area contributed by atoms with Crippen molar-refractivity contribution >= 4 is 0 Å². The molecule has 0 aromatic carbocycles. The van der Waals surface area contributed by atoms with Gasteiger partial charge in [0.15, 0.2) is 0 Å². The second-order valence-corrected chi connectivity index (χ2v) is 4.29. The molecule has 2 aromatic heterocycles. The van der Waals surface area contributed by atoms with Gasteiger partial charge in [0.2, 0.25) is 0 Å². The lowest BCUT2D eigenvalue weighted by molar-refractivity contribution is 0.599. The molecule has 0 spiro atoms. The fraction of sp³-hybridized carbons (Fsp3) is 0.462. The SMILES string of the molecule is CCCn1cc(C(NC)c2ccnc(C)n2)cn1. The molecule has 0 aliphatic carbocycles. The highest BCUT2D eigenvalue weighted by molar-refractivity contribution is 5.23. The molecule has 0 saturated heterocycles. The number of nitrogens with one attached hydrogen (secondary N) is 1. The van der Waals surface area contributed by atoms with Crippen LogP contribution in [0.4, 0.5) is 0 Å². The number of aromatic nitrogens is 4. The molecule has 1 N–H and O–H groups in total. The van der Waals surface area contributed by atoms with Crippen LogP contribution in [-0.2, 0) is 6.54 Å². The minimum atomic E-state index is 0.0670. The van der Waals surface area contributed by atoms with Crippen molar-refractivity contribution < 1.29 is 0 Å². The van der Waals surface area contributed by atoms with Crippen LogP contribution in [0.15, 0.2) is 24.7 Å². The number of hydrogen-bond acceptors (Lipinski definition) is 4. The first kappa shape index (κ1) is 12.7. The summed E-state index contributed by atoms with van der Waals surface area (Å²) in [6, 6.07) is 2.00. The Morgan fingerprint density at radius 1 is 1.44 bits per heavy atom. The van der Waals surface area contributed by atoms with Crippen LogP contribution in [0, 0.1) is 6.92 Å². The summed E-state index contributed by atoms with van der Waals surface area (Å²) >= 11 is 0. The van der Waals surface area contributed by atoms with E-state index in [0.717, 1.165) is 30.0 Å². The maximum atomic E-state index is 4.47. The van der Waals surface area contributed by atoms with E-state index in [4.69, 9.17) is 0 Å². The zero-order valence-corrected chi connectivity index (χ0v) is 11.1. The first-order chi connectivity index (χ1) is 8.74. The smallest absolute Gasteiger partial charge is 0.125 e. The summed E-state index contributed by atoms with van der Waals surface area (Å²) in [6.45, 7) is 4.99. The second kappa shape index (κ2) is 5.73. The molecular formula is C13H19N5. The maximum absolute atomic E-state index is 4.47. The standard InChI is InChI=1S/C13H19N5/c1-4-7-18-9-11(8-16-18)13(14-3)12-5-6-15-10(2)17-12/h5-6,8-9,13-14H,4,7H2,1-3H3. The highest BCUT2D eigenvalue weighted by Gasteiger charge is 2.15. The number of aryl methyl sites for hydroxylation is 2. The highest BCUT2D eigenvalue weighted by atomic mass is 15.3. The van der Waals surface area contributed by atoms with Crippen LogP contribution in [0.5, 0.6) is 0 Å². The zero-order chi connectivity index (χ0) is 13.0. The molecule has 2 aromatic rings. The molecule has 1 unspecified atom stereocenters. The van der Waals surface area contributed by atoms with Crippen molar-refractivity contribution in [1.29, 1.82) is 0 Å². The third-order valence-corrected chi connectivity index (χ3v) is 2.82. The summed E-state index contributed by atoms with van der Waals surface area (Å²) in [4.78, 5) is 8.59. The molecule has 0 aliphatic heterocycles. The van der Waals surface area contributed by atoms with Crippen LogP contribution < -0.4 is 5.32 Å². The molecule has 18 heavy (non-hydrogen) atoms. The minimum absolute atomic E-state index is 0.0670. The summed E-state index contributed by atoms with van der Waals surface area (Å²) in [5, 5.41) is 7.63. The van der Waals surface area contributed by atoms with Crippen LogP contribution >= 0.6 is 0 Å². The summed E-state index contributed by atoms with van der Waals surface area (Å²) in [5.41, 5.74) is 2.10. The molecule has 1 atom stereocenters. The Hall–Kier alpha value is -1.75. The number of rotatable bonds is 5. The lowest BCUT2D eigenvalue weighted by Gasteiger charge is -2.13.